The number of hydrogen-bond donors (Lipinski definition) is 0. The molecule has 0 aromatic heterocycles. The molecule has 21 heavy (non-hydrogen) atoms. The molecule has 1 aromatic carbocycles. The molecule has 0 spiro atoms. The van der Waals surface area contributed by atoms with Crippen LogP contribution in [0.4, 0.5) is 8.78 Å². The normalized spacial score (nSPS) is 26.9. The van der Waals surface area contributed by atoms with E-state index < -0.39 is 11.6 Å². The van der Waals surface area contributed by atoms with Gasteiger partial charge in [0.1, 0.15) is 11.6 Å². The summed E-state index contributed by atoms with van der Waals surface area (Å²) in [6.45, 7) is 6.80. The van der Waals surface area contributed by atoms with Crippen molar-refractivity contribution in [2.24, 2.45) is 16.7 Å². The van der Waals surface area contributed by atoms with Crippen molar-refractivity contribution < 1.29 is 8.78 Å². The van der Waals surface area contributed by atoms with E-state index in [1.807, 2.05) is 0 Å². The van der Waals surface area contributed by atoms with E-state index in [2.05, 4.69) is 20.8 Å². The minimum atomic E-state index is -0.447. The van der Waals surface area contributed by atoms with Crippen LogP contribution in [0.2, 0.25) is 0 Å². The Morgan fingerprint density at radius 1 is 1.14 bits per heavy atom. The van der Waals surface area contributed by atoms with Crippen LogP contribution >= 0.6 is 11.6 Å². The van der Waals surface area contributed by atoms with E-state index in [1.54, 1.807) is 0 Å². The zero-order valence-corrected chi connectivity index (χ0v) is 13.9. The topological polar surface area (TPSA) is 0 Å². The molecule has 118 valence electrons. The van der Waals surface area contributed by atoms with Crippen molar-refractivity contribution in [2.75, 3.05) is 5.88 Å². The third kappa shape index (κ3) is 3.77. The van der Waals surface area contributed by atoms with Crippen molar-refractivity contribution in [3.05, 3.63) is 35.4 Å². The van der Waals surface area contributed by atoms with Crippen LogP contribution in [0, 0.1) is 28.4 Å². The average molecular weight is 315 g/mol. The maximum absolute atomic E-state index is 13.9. The number of rotatable bonds is 3. The molecule has 0 atom stereocenters. The quantitative estimate of drug-likeness (QED) is 0.603. The van der Waals surface area contributed by atoms with E-state index >= 15 is 0 Å². The van der Waals surface area contributed by atoms with Gasteiger partial charge in [-0.15, -0.1) is 11.6 Å². The molecular weight excluding hydrogens is 290 g/mol. The van der Waals surface area contributed by atoms with E-state index in [1.165, 1.54) is 18.2 Å². The van der Waals surface area contributed by atoms with E-state index in [4.69, 9.17) is 11.6 Å². The lowest BCUT2D eigenvalue weighted by Gasteiger charge is -2.43. The van der Waals surface area contributed by atoms with Gasteiger partial charge in [-0.2, -0.15) is 0 Å². The Balaban J connectivity index is 2.14. The van der Waals surface area contributed by atoms with Crippen LogP contribution in [0.25, 0.3) is 0 Å². The summed E-state index contributed by atoms with van der Waals surface area (Å²) >= 11 is 6.21. The monoisotopic (exact) mass is 314 g/mol. The van der Waals surface area contributed by atoms with Gasteiger partial charge in [-0.3, -0.25) is 0 Å². The van der Waals surface area contributed by atoms with Gasteiger partial charge >= 0.3 is 0 Å². The standard InChI is InChI=1S/C18H25ClF2/c1-17(2,3)13-7-9-18(12-19,10-8-13)11-14-15(20)5-4-6-16(14)21/h4-6,13H,7-12H2,1-3H3. The fraction of sp³-hybridized carbons (Fsp3) is 0.667. The van der Waals surface area contributed by atoms with E-state index in [-0.39, 0.29) is 11.0 Å². The van der Waals surface area contributed by atoms with Crippen LogP contribution in [0.15, 0.2) is 18.2 Å². The van der Waals surface area contributed by atoms with Gasteiger partial charge in [0.15, 0.2) is 0 Å². The lowest BCUT2D eigenvalue weighted by atomic mass is 9.63. The van der Waals surface area contributed by atoms with Gasteiger partial charge in [0.2, 0.25) is 0 Å². The van der Waals surface area contributed by atoms with Crippen molar-refractivity contribution in [2.45, 2.75) is 52.9 Å². The third-order valence-electron chi connectivity index (χ3n) is 5.17. The molecule has 1 saturated carbocycles. The first-order valence-corrected chi connectivity index (χ1v) is 8.30. The fourth-order valence-corrected chi connectivity index (χ4v) is 3.89. The maximum atomic E-state index is 13.9. The largest absolute Gasteiger partial charge is 0.207 e. The summed E-state index contributed by atoms with van der Waals surface area (Å²) in [5, 5.41) is 0. The number of alkyl halides is 1. The molecule has 3 heteroatoms. The molecule has 2 rings (SSSR count). The molecule has 0 amide bonds. The van der Waals surface area contributed by atoms with Gasteiger partial charge in [0, 0.05) is 11.4 Å². The van der Waals surface area contributed by atoms with Crippen LogP contribution in [0.3, 0.4) is 0 Å². The highest BCUT2D eigenvalue weighted by atomic mass is 35.5. The Labute approximate surface area is 131 Å². The summed E-state index contributed by atoms with van der Waals surface area (Å²) in [7, 11) is 0. The Morgan fingerprint density at radius 2 is 1.67 bits per heavy atom. The van der Waals surface area contributed by atoms with Crippen molar-refractivity contribution in [3.8, 4) is 0 Å². The summed E-state index contributed by atoms with van der Waals surface area (Å²) in [4.78, 5) is 0. The van der Waals surface area contributed by atoms with Gasteiger partial charge in [-0.25, -0.2) is 8.78 Å². The van der Waals surface area contributed by atoms with Crippen LogP contribution in [-0.4, -0.2) is 5.88 Å². The molecule has 0 radical (unpaired) electrons. The van der Waals surface area contributed by atoms with Crippen LogP contribution in [-0.2, 0) is 6.42 Å². The van der Waals surface area contributed by atoms with E-state index in [0.29, 0.717) is 23.6 Å². The highest BCUT2D eigenvalue weighted by molar-refractivity contribution is 6.18. The Morgan fingerprint density at radius 3 is 2.10 bits per heavy atom. The first-order valence-electron chi connectivity index (χ1n) is 7.76. The van der Waals surface area contributed by atoms with Crippen LogP contribution in [0.1, 0.15) is 52.0 Å². The lowest BCUT2D eigenvalue weighted by molar-refractivity contribution is 0.101. The molecule has 1 aliphatic carbocycles. The Bertz CT molecular complexity index is 462. The third-order valence-corrected chi connectivity index (χ3v) is 5.73. The van der Waals surface area contributed by atoms with Crippen molar-refractivity contribution >= 4 is 11.6 Å². The molecular formula is C18H25ClF2. The molecule has 0 saturated heterocycles. The second kappa shape index (κ2) is 6.24. The first-order chi connectivity index (χ1) is 9.77. The minimum Gasteiger partial charge on any atom is -0.207 e. The van der Waals surface area contributed by atoms with Gasteiger partial charge in [-0.1, -0.05) is 26.8 Å². The number of hydrogen-bond acceptors (Lipinski definition) is 0. The van der Waals surface area contributed by atoms with Crippen molar-refractivity contribution in [3.63, 3.8) is 0 Å². The van der Waals surface area contributed by atoms with Gasteiger partial charge in [-0.05, 0) is 61.0 Å². The summed E-state index contributed by atoms with van der Waals surface area (Å²) in [5.74, 6) is 0.242. The molecule has 0 N–H and O–H groups in total. The molecule has 0 aliphatic heterocycles. The zero-order valence-electron chi connectivity index (χ0n) is 13.2. The molecule has 0 unspecified atom stereocenters. The molecule has 0 heterocycles. The Kier molecular flexibility index (Phi) is 4.97. The molecule has 0 bridgehead atoms. The summed E-state index contributed by atoms with van der Waals surface area (Å²) in [5.41, 5.74) is 0.334. The highest BCUT2D eigenvalue weighted by Gasteiger charge is 2.39. The number of halogens is 3. The number of benzene rings is 1. The predicted octanol–water partition coefficient (Wildman–Crippen LogP) is 5.97. The van der Waals surface area contributed by atoms with Crippen molar-refractivity contribution in [1.29, 1.82) is 0 Å². The molecule has 1 fully saturated rings. The van der Waals surface area contributed by atoms with E-state index in [0.717, 1.165) is 25.7 Å². The summed E-state index contributed by atoms with van der Waals surface area (Å²) < 4.78 is 27.8. The highest BCUT2D eigenvalue weighted by Crippen LogP contribution is 2.47. The summed E-state index contributed by atoms with van der Waals surface area (Å²) in [6, 6.07) is 4.08. The van der Waals surface area contributed by atoms with Crippen LogP contribution in [0.5, 0.6) is 0 Å². The minimum absolute atomic E-state index is 0.160. The van der Waals surface area contributed by atoms with Crippen molar-refractivity contribution in [1.82, 2.24) is 0 Å². The van der Waals surface area contributed by atoms with E-state index in [9.17, 15) is 8.78 Å². The smallest absolute Gasteiger partial charge is 0.129 e. The molecule has 0 nitrogen and oxygen atoms in total. The zero-order chi connectivity index (χ0) is 15.7. The maximum Gasteiger partial charge on any atom is 0.129 e. The predicted molar refractivity (Wildman–Crippen MR) is 84.6 cm³/mol. The van der Waals surface area contributed by atoms with Gasteiger partial charge in [0.25, 0.3) is 0 Å². The van der Waals surface area contributed by atoms with Gasteiger partial charge in [0.05, 0.1) is 0 Å². The second-order valence-electron chi connectivity index (χ2n) is 7.65. The fourth-order valence-electron chi connectivity index (χ4n) is 3.53. The SMILES string of the molecule is CC(C)(C)C1CCC(CCl)(Cc2c(F)cccc2F)CC1. The lowest BCUT2D eigenvalue weighted by Crippen LogP contribution is -2.35. The summed E-state index contributed by atoms with van der Waals surface area (Å²) in [6.07, 6.45) is 4.49. The average Bonchev–Trinajstić information content (AvgIpc) is 2.43. The second-order valence-corrected chi connectivity index (χ2v) is 7.92. The molecule has 1 aromatic rings. The Hall–Kier alpha value is -0.630. The van der Waals surface area contributed by atoms with Crippen LogP contribution < -0.4 is 0 Å². The first kappa shape index (κ1) is 16.7. The molecule has 1 aliphatic rings. The van der Waals surface area contributed by atoms with Gasteiger partial charge < -0.3 is 0 Å².